The molecule has 0 saturated heterocycles. The van der Waals surface area contributed by atoms with Gasteiger partial charge in [-0.05, 0) is 38.3 Å². The number of aromatic nitrogens is 2. The van der Waals surface area contributed by atoms with Crippen molar-refractivity contribution in [1.29, 1.82) is 0 Å². The molecule has 0 spiro atoms. The monoisotopic (exact) mass is 311 g/mol. The van der Waals surface area contributed by atoms with Crippen LogP contribution in [0.15, 0.2) is 41.4 Å². The minimum atomic E-state index is 0.489. The van der Waals surface area contributed by atoms with Gasteiger partial charge in [0.15, 0.2) is 5.96 Å². The summed E-state index contributed by atoms with van der Waals surface area (Å²) in [4.78, 5) is 12.6. The first kappa shape index (κ1) is 15.6. The lowest BCUT2D eigenvalue weighted by Gasteiger charge is -2.16. The van der Waals surface area contributed by atoms with Gasteiger partial charge in [-0.1, -0.05) is 24.3 Å². The molecule has 0 fully saturated rings. The third-order valence-corrected chi connectivity index (χ3v) is 3.97. The molecule has 5 nitrogen and oxygen atoms in total. The maximum Gasteiger partial charge on any atom is 0.191 e. The third kappa shape index (κ3) is 4.34. The van der Waals surface area contributed by atoms with Crippen LogP contribution in [-0.2, 0) is 6.42 Å². The van der Waals surface area contributed by atoms with Crippen molar-refractivity contribution in [3.63, 3.8) is 0 Å². The number of aliphatic imine (C=N–C) groups is 1. The summed E-state index contributed by atoms with van der Waals surface area (Å²) in [5, 5.41) is 6.81. The number of hydrogen-bond acceptors (Lipinski definition) is 2. The summed E-state index contributed by atoms with van der Waals surface area (Å²) in [6.45, 7) is 3.78. The highest BCUT2D eigenvalue weighted by molar-refractivity contribution is 5.80. The standard InChI is InChI=1S/C18H25N5/c1-2-19-18(21-14-8-3-4-9-14)20-13-7-12-17-22-15-10-5-6-11-16(15)23-17/h3-6,10-11,14H,2,7-9,12-13H2,1H3,(H,22,23)(H2,19,20,21). The topological polar surface area (TPSA) is 65.1 Å². The molecular weight excluding hydrogens is 286 g/mol. The molecule has 1 aliphatic carbocycles. The van der Waals surface area contributed by atoms with Crippen LogP contribution in [0.1, 0.15) is 32.0 Å². The molecule has 1 aromatic heterocycles. The Kier molecular flexibility index (Phi) is 5.29. The first-order valence-corrected chi connectivity index (χ1v) is 8.48. The van der Waals surface area contributed by atoms with Gasteiger partial charge in [0.2, 0.25) is 0 Å². The van der Waals surface area contributed by atoms with E-state index in [-0.39, 0.29) is 0 Å². The van der Waals surface area contributed by atoms with Gasteiger partial charge in [0.1, 0.15) is 5.82 Å². The summed E-state index contributed by atoms with van der Waals surface area (Å²) < 4.78 is 0. The van der Waals surface area contributed by atoms with E-state index in [9.17, 15) is 0 Å². The second-order valence-corrected chi connectivity index (χ2v) is 5.85. The van der Waals surface area contributed by atoms with Crippen molar-refractivity contribution in [1.82, 2.24) is 20.6 Å². The smallest absolute Gasteiger partial charge is 0.191 e. The highest BCUT2D eigenvalue weighted by atomic mass is 15.2. The maximum atomic E-state index is 4.67. The van der Waals surface area contributed by atoms with Crippen molar-refractivity contribution in [2.75, 3.05) is 13.1 Å². The zero-order chi connectivity index (χ0) is 15.9. The molecule has 3 rings (SSSR count). The number of nitrogens with one attached hydrogen (secondary N) is 3. The lowest BCUT2D eigenvalue weighted by Crippen LogP contribution is -2.42. The van der Waals surface area contributed by atoms with Crippen molar-refractivity contribution < 1.29 is 0 Å². The molecule has 0 atom stereocenters. The zero-order valence-electron chi connectivity index (χ0n) is 13.7. The van der Waals surface area contributed by atoms with E-state index in [4.69, 9.17) is 0 Å². The molecular formula is C18H25N5. The molecule has 122 valence electrons. The van der Waals surface area contributed by atoms with Crippen LogP contribution < -0.4 is 10.6 Å². The molecule has 0 amide bonds. The molecule has 5 heteroatoms. The molecule has 23 heavy (non-hydrogen) atoms. The lowest BCUT2D eigenvalue weighted by molar-refractivity contribution is 0.632. The zero-order valence-corrected chi connectivity index (χ0v) is 13.7. The normalized spacial score (nSPS) is 15.4. The van der Waals surface area contributed by atoms with Gasteiger partial charge in [0, 0.05) is 25.6 Å². The van der Waals surface area contributed by atoms with Crippen molar-refractivity contribution in [2.24, 2.45) is 4.99 Å². The minimum absolute atomic E-state index is 0.489. The Bertz CT molecular complexity index is 645. The van der Waals surface area contributed by atoms with Crippen LogP contribution in [0.3, 0.4) is 0 Å². The van der Waals surface area contributed by atoms with E-state index in [0.717, 1.165) is 61.6 Å². The fourth-order valence-corrected chi connectivity index (χ4v) is 2.81. The Balaban J connectivity index is 1.49. The first-order valence-electron chi connectivity index (χ1n) is 8.48. The lowest BCUT2D eigenvalue weighted by atomic mass is 10.2. The second-order valence-electron chi connectivity index (χ2n) is 5.85. The number of nitrogens with zero attached hydrogens (tertiary/aromatic N) is 2. The predicted octanol–water partition coefficient (Wildman–Crippen LogP) is 2.77. The molecule has 0 unspecified atom stereocenters. The molecule has 2 aromatic rings. The summed E-state index contributed by atoms with van der Waals surface area (Å²) >= 11 is 0. The van der Waals surface area contributed by atoms with Gasteiger partial charge in [-0.25, -0.2) is 4.98 Å². The van der Waals surface area contributed by atoms with Gasteiger partial charge in [-0.15, -0.1) is 0 Å². The van der Waals surface area contributed by atoms with Crippen LogP contribution in [0.25, 0.3) is 11.0 Å². The summed E-state index contributed by atoms with van der Waals surface area (Å²) in [5.74, 6) is 1.96. The van der Waals surface area contributed by atoms with Gasteiger partial charge >= 0.3 is 0 Å². The summed E-state index contributed by atoms with van der Waals surface area (Å²) in [6.07, 6.45) is 8.53. The number of aryl methyl sites for hydroxylation is 1. The SMILES string of the molecule is CCNC(=NCCCc1nc2ccccc2[nH]1)NC1CC=CC1. The molecule has 3 N–H and O–H groups in total. The van der Waals surface area contributed by atoms with Crippen LogP contribution in [0.5, 0.6) is 0 Å². The molecule has 1 heterocycles. The summed E-state index contributed by atoms with van der Waals surface area (Å²) in [5.41, 5.74) is 2.14. The molecule has 0 radical (unpaired) electrons. The number of guanidine groups is 1. The van der Waals surface area contributed by atoms with E-state index < -0.39 is 0 Å². The van der Waals surface area contributed by atoms with Crippen LogP contribution in [0, 0.1) is 0 Å². The van der Waals surface area contributed by atoms with Crippen molar-refractivity contribution in [3.8, 4) is 0 Å². The highest BCUT2D eigenvalue weighted by Gasteiger charge is 2.11. The number of benzene rings is 1. The molecule has 0 saturated carbocycles. The van der Waals surface area contributed by atoms with E-state index in [2.05, 4.69) is 50.7 Å². The van der Waals surface area contributed by atoms with Gasteiger partial charge in [0.25, 0.3) is 0 Å². The summed E-state index contributed by atoms with van der Waals surface area (Å²) in [6, 6.07) is 8.64. The van der Waals surface area contributed by atoms with Crippen LogP contribution in [0.4, 0.5) is 0 Å². The molecule has 1 aliphatic rings. The van der Waals surface area contributed by atoms with Crippen LogP contribution >= 0.6 is 0 Å². The first-order chi connectivity index (χ1) is 11.3. The Morgan fingerprint density at radius 1 is 1.30 bits per heavy atom. The number of para-hydroxylation sites is 2. The van der Waals surface area contributed by atoms with Gasteiger partial charge < -0.3 is 15.6 Å². The van der Waals surface area contributed by atoms with Crippen molar-refractivity contribution in [2.45, 2.75) is 38.6 Å². The van der Waals surface area contributed by atoms with Gasteiger partial charge in [0.05, 0.1) is 11.0 Å². The Morgan fingerprint density at radius 3 is 2.91 bits per heavy atom. The largest absolute Gasteiger partial charge is 0.357 e. The predicted molar refractivity (Wildman–Crippen MR) is 95.7 cm³/mol. The number of aromatic amines is 1. The van der Waals surface area contributed by atoms with E-state index in [0.29, 0.717) is 6.04 Å². The molecule has 0 bridgehead atoms. The number of H-pyrrole nitrogens is 1. The van der Waals surface area contributed by atoms with Crippen molar-refractivity contribution in [3.05, 3.63) is 42.2 Å². The number of fused-ring (bicyclic) bond motifs is 1. The summed E-state index contributed by atoms with van der Waals surface area (Å²) in [7, 11) is 0. The van der Waals surface area contributed by atoms with Crippen LogP contribution in [0.2, 0.25) is 0 Å². The van der Waals surface area contributed by atoms with E-state index in [1.54, 1.807) is 0 Å². The second kappa shape index (κ2) is 7.81. The van der Waals surface area contributed by atoms with E-state index in [1.807, 2.05) is 18.2 Å². The molecule has 1 aromatic carbocycles. The van der Waals surface area contributed by atoms with Gasteiger partial charge in [-0.3, -0.25) is 4.99 Å². The number of imidazole rings is 1. The Labute approximate surface area is 137 Å². The maximum absolute atomic E-state index is 4.67. The third-order valence-electron chi connectivity index (χ3n) is 3.97. The molecule has 0 aliphatic heterocycles. The minimum Gasteiger partial charge on any atom is -0.357 e. The Morgan fingerprint density at radius 2 is 2.13 bits per heavy atom. The van der Waals surface area contributed by atoms with Crippen LogP contribution in [-0.4, -0.2) is 35.1 Å². The number of rotatable bonds is 6. The average molecular weight is 311 g/mol. The highest BCUT2D eigenvalue weighted by Crippen LogP contribution is 2.11. The van der Waals surface area contributed by atoms with E-state index >= 15 is 0 Å². The Hall–Kier alpha value is -2.30. The average Bonchev–Trinajstić information content (AvgIpc) is 3.20. The fourth-order valence-electron chi connectivity index (χ4n) is 2.81. The quantitative estimate of drug-likeness (QED) is 0.333. The van der Waals surface area contributed by atoms with Crippen molar-refractivity contribution >= 4 is 17.0 Å². The fraction of sp³-hybridized carbons (Fsp3) is 0.444. The number of hydrogen-bond donors (Lipinski definition) is 3. The van der Waals surface area contributed by atoms with E-state index in [1.165, 1.54) is 0 Å². The van der Waals surface area contributed by atoms with Gasteiger partial charge in [-0.2, -0.15) is 0 Å².